The Hall–Kier alpha value is -2.98. The van der Waals surface area contributed by atoms with Crippen LogP contribution in [0.1, 0.15) is 22.6 Å². The number of nitrogens with one attached hydrogen (secondary N) is 2. The van der Waals surface area contributed by atoms with Crippen LogP contribution in [0.2, 0.25) is 0 Å². The average Bonchev–Trinajstić information content (AvgIpc) is 3.08. The third-order valence-corrected chi connectivity index (χ3v) is 7.51. The van der Waals surface area contributed by atoms with Crippen molar-refractivity contribution in [3.05, 3.63) is 53.0 Å². The lowest BCUT2D eigenvalue weighted by Crippen LogP contribution is -2.49. The van der Waals surface area contributed by atoms with Crippen LogP contribution < -0.4 is 10.2 Å². The van der Waals surface area contributed by atoms with E-state index in [1.807, 2.05) is 49.1 Å². The number of hydrogen-bond acceptors (Lipinski definition) is 7. The summed E-state index contributed by atoms with van der Waals surface area (Å²) in [5.41, 5.74) is 4.05. The first-order chi connectivity index (χ1) is 14.7. The molecule has 1 saturated heterocycles. The standard InChI is InChI=1S/C21H27N7O2S/c1-14-5-7-18(8-6-14)23-19-13-15(2)22-21(24-19)27-9-11-28(12-10-27)31(29,30)20-16(3)25-26-17(20)4/h5-8,13H,9-12H2,1-4H3,(H,25,26)(H,22,23,24). The Morgan fingerprint density at radius 3 is 2.26 bits per heavy atom. The van der Waals surface area contributed by atoms with Gasteiger partial charge in [-0.3, -0.25) is 5.10 Å². The molecule has 31 heavy (non-hydrogen) atoms. The van der Waals surface area contributed by atoms with Crippen molar-refractivity contribution in [2.75, 3.05) is 36.4 Å². The number of hydrogen-bond donors (Lipinski definition) is 2. The van der Waals surface area contributed by atoms with E-state index in [-0.39, 0.29) is 4.90 Å². The predicted molar refractivity (Wildman–Crippen MR) is 120 cm³/mol. The number of anilines is 3. The lowest BCUT2D eigenvalue weighted by atomic mass is 10.2. The summed E-state index contributed by atoms with van der Waals surface area (Å²) in [6.07, 6.45) is 0. The number of piperazine rings is 1. The first-order valence-electron chi connectivity index (χ1n) is 10.2. The maximum Gasteiger partial charge on any atom is 0.246 e. The molecular weight excluding hydrogens is 414 g/mol. The summed E-state index contributed by atoms with van der Waals surface area (Å²) in [4.78, 5) is 11.5. The van der Waals surface area contributed by atoms with E-state index < -0.39 is 10.0 Å². The summed E-state index contributed by atoms with van der Waals surface area (Å²) in [6.45, 7) is 9.17. The third-order valence-electron chi connectivity index (χ3n) is 5.35. The fraction of sp³-hybridized carbons (Fsp3) is 0.381. The van der Waals surface area contributed by atoms with Crippen LogP contribution in [0.3, 0.4) is 0 Å². The van der Waals surface area contributed by atoms with E-state index in [2.05, 4.69) is 25.5 Å². The Bertz CT molecular complexity index is 1160. The van der Waals surface area contributed by atoms with E-state index in [1.165, 1.54) is 9.87 Å². The van der Waals surface area contributed by atoms with Crippen molar-refractivity contribution in [2.45, 2.75) is 32.6 Å². The fourth-order valence-corrected chi connectivity index (χ4v) is 5.48. The van der Waals surface area contributed by atoms with Gasteiger partial charge in [-0.05, 0) is 39.8 Å². The summed E-state index contributed by atoms with van der Waals surface area (Å²) in [5, 5.41) is 10.1. The van der Waals surface area contributed by atoms with Crippen LogP contribution >= 0.6 is 0 Å². The predicted octanol–water partition coefficient (Wildman–Crippen LogP) is 2.69. The second-order valence-electron chi connectivity index (χ2n) is 7.84. The number of benzene rings is 1. The number of nitrogens with zero attached hydrogens (tertiary/aromatic N) is 5. The normalized spacial score (nSPS) is 15.3. The highest BCUT2D eigenvalue weighted by molar-refractivity contribution is 7.89. The van der Waals surface area contributed by atoms with Crippen molar-refractivity contribution < 1.29 is 8.42 Å². The Kier molecular flexibility index (Phi) is 5.67. The second kappa shape index (κ2) is 8.27. The minimum absolute atomic E-state index is 0.275. The molecule has 3 aromatic rings. The van der Waals surface area contributed by atoms with E-state index in [4.69, 9.17) is 0 Å². The van der Waals surface area contributed by atoms with Gasteiger partial charge < -0.3 is 10.2 Å². The number of sulfonamides is 1. The first-order valence-corrected chi connectivity index (χ1v) is 11.6. The number of aryl methyl sites for hydroxylation is 4. The SMILES string of the molecule is Cc1ccc(Nc2cc(C)nc(N3CCN(S(=O)(=O)c4c(C)n[nH]c4C)CC3)n2)cc1. The molecule has 0 amide bonds. The van der Waals surface area contributed by atoms with E-state index >= 15 is 0 Å². The van der Waals surface area contributed by atoms with Crippen LogP contribution in [0.25, 0.3) is 0 Å². The molecule has 3 heterocycles. The van der Waals surface area contributed by atoms with Crippen molar-refractivity contribution in [3.63, 3.8) is 0 Å². The van der Waals surface area contributed by atoms with Crippen molar-refractivity contribution in [3.8, 4) is 0 Å². The Labute approximate surface area is 182 Å². The van der Waals surface area contributed by atoms with Crippen LogP contribution in [0.15, 0.2) is 35.2 Å². The molecule has 0 saturated carbocycles. The maximum absolute atomic E-state index is 13.1. The van der Waals surface area contributed by atoms with Crippen molar-refractivity contribution >= 4 is 27.5 Å². The van der Waals surface area contributed by atoms with Crippen molar-refractivity contribution in [2.24, 2.45) is 0 Å². The molecule has 0 spiro atoms. The Morgan fingerprint density at radius 2 is 1.65 bits per heavy atom. The van der Waals surface area contributed by atoms with Gasteiger partial charge in [0.15, 0.2) is 0 Å². The number of H-pyrrole nitrogens is 1. The summed E-state index contributed by atoms with van der Waals surface area (Å²) in [5.74, 6) is 1.31. The highest BCUT2D eigenvalue weighted by Crippen LogP contribution is 2.24. The smallest absolute Gasteiger partial charge is 0.246 e. The monoisotopic (exact) mass is 441 g/mol. The van der Waals surface area contributed by atoms with E-state index in [0.29, 0.717) is 49.3 Å². The van der Waals surface area contributed by atoms with Gasteiger partial charge in [0, 0.05) is 43.6 Å². The van der Waals surface area contributed by atoms with Crippen LogP contribution in [0.4, 0.5) is 17.5 Å². The molecule has 2 aromatic heterocycles. The highest BCUT2D eigenvalue weighted by atomic mass is 32.2. The Balaban J connectivity index is 1.48. The molecule has 0 bridgehead atoms. The summed E-state index contributed by atoms with van der Waals surface area (Å²) in [7, 11) is -3.59. The van der Waals surface area contributed by atoms with Gasteiger partial charge in [0.25, 0.3) is 0 Å². The van der Waals surface area contributed by atoms with Crippen LogP contribution in [-0.4, -0.2) is 59.1 Å². The van der Waals surface area contributed by atoms with E-state index in [0.717, 1.165) is 11.4 Å². The molecular formula is C21H27N7O2S. The summed E-state index contributed by atoms with van der Waals surface area (Å²) < 4.78 is 27.7. The third kappa shape index (κ3) is 4.40. The molecule has 0 aliphatic carbocycles. The van der Waals surface area contributed by atoms with Crippen LogP contribution in [0, 0.1) is 27.7 Å². The molecule has 0 atom stereocenters. The molecule has 0 radical (unpaired) electrons. The molecule has 9 nitrogen and oxygen atoms in total. The topological polar surface area (TPSA) is 107 Å². The van der Waals surface area contributed by atoms with Gasteiger partial charge in [-0.25, -0.2) is 13.4 Å². The molecule has 1 aliphatic heterocycles. The summed E-state index contributed by atoms with van der Waals surface area (Å²) >= 11 is 0. The zero-order chi connectivity index (χ0) is 22.2. The molecule has 10 heteroatoms. The van der Waals surface area contributed by atoms with Gasteiger partial charge in [-0.1, -0.05) is 17.7 Å². The van der Waals surface area contributed by atoms with Crippen molar-refractivity contribution in [1.29, 1.82) is 0 Å². The maximum atomic E-state index is 13.1. The minimum atomic E-state index is -3.59. The van der Waals surface area contributed by atoms with Gasteiger partial charge in [-0.15, -0.1) is 0 Å². The Morgan fingerprint density at radius 1 is 0.968 bits per heavy atom. The number of rotatable bonds is 5. The first kappa shape index (κ1) is 21.3. The lowest BCUT2D eigenvalue weighted by molar-refractivity contribution is 0.382. The largest absolute Gasteiger partial charge is 0.340 e. The van der Waals surface area contributed by atoms with Gasteiger partial charge in [0.2, 0.25) is 16.0 Å². The van der Waals surface area contributed by atoms with Crippen LogP contribution in [0.5, 0.6) is 0 Å². The summed E-state index contributed by atoms with van der Waals surface area (Å²) in [6, 6.07) is 10.0. The molecule has 1 aliphatic rings. The van der Waals surface area contributed by atoms with Crippen molar-refractivity contribution in [1.82, 2.24) is 24.5 Å². The molecule has 1 fully saturated rings. The molecule has 4 rings (SSSR count). The van der Waals surface area contributed by atoms with Crippen LogP contribution in [-0.2, 0) is 10.0 Å². The quantitative estimate of drug-likeness (QED) is 0.627. The zero-order valence-electron chi connectivity index (χ0n) is 18.2. The molecule has 1 aromatic carbocycles. The second-order valence-corrected chi connectivity index (χ2v) is 9.71. The molecule has 2 N–H and O–H groups in total. The van der Waals surface area contributed by atoms with E-state index in [9.17, 15) is 8.42 Å². The fourth-order valence-electron chi connectivity index (χ4n) is 3.72. The van der Waals surface area contributed by atoms with Gasteiger partial charge in [0.1, 0.15) is 10.7 Å². The molecule has 0 unspecified atom stereocenters. The highest BCUT2D eigenvalue weighted by Gasteiger charge is 2.32. The number of aromatic nitrogens is 4. The number of aromatic amines is 1. The minimum Gasteiger partial charge on any atom is -0.340 e. The molecule has 164 valence electrons. The van der Waals surface area contributed by atoms with Gasteiger partial charge >= 0.3 is 0 Å². The zero-order valence-corrected chi connectivity index (χ0v) is 19.0. The average molecular weight is 442 g/mol. The van der Waals surface area contributed by atoms with Gasteiger partial charge in [-0.2, -0.15) is 14.4 Å². The van der Waals surface area contributed by atoms with Gasteiger partial charge in [0.05, 0.1) is 11.4 Å². The van der Waals surface area contributed by atoms with E-state index in [1.54, 1.807) is 13.8 Å². The lowest BCUT2D eigenvalue weighted by Gasteiger charge is -2.34.